The SMILES string of the molecule is COc1ccc(N)c(-c2nc(C(OC)C(C)C)no2)c1. The Labute approximate surface area is 117 Å². The highest BCUT2D eigenvalue weighted by atomic mass is 16.5. The molecule has 0 amide bonds. The van der Waals surface area contributed by atoms with Crippen LogP contribution in [0.1, 0.15) is 25.8 Å². The third-order valence-electron chi connectivity index (χ3n) is 3.05. The van der Waals surface area contributed by atoms with Gasteiger partial charge < -0.3 is 19.7 Å². The van der Waals surface area contributed by atoms with Gasteiger partial charge in [0.25, 0.3) is 5.89 Å². The van der Waals surface area contributed by atoms with Gasteiger partial charge in [-0.05, 0) is 24.1 Å². The number of hydrogen-bond donors (Lipinski definition) is 1. The Hall–Kier alpha value is -2.08. The molecule has 1 atom stereocenters. The molecule has 2 rings (SSSR count). The van der Waals surface area contributed by atoms with E-state index in [4.69, 9.17) is 19.7 Å². The van der Waals surface area contributed by atoms with E-state index in [0.717, 1.165) is 0 Å². The molecular formula is C14H19N3O3. The van der Waals surface area contributed by atoms with Gasteiger partial charge in [-0.15, -0.1) is 0 Å². The summed E-state index contributed by atoms with van der Waals surface area (Å²) in [7, 11) is 3.22. The zero-order chi connectivity index (χ0) is 14.7. The smallest absolute Gasteiger partial charge is 0.260 e. The van der Waals surface area contributed by atoms with Crippen LogP contribution in [-0.2, 0) is 4.74 Å². The molecule has 2 aromatic rings. The highest BCUT2D eigenvalue weighted by molar-refractivity contribution is 5.72. The van der Waals surface area contributed by atoms with E-state index in [1.54, 1.807) is 32.4 Å². The number of benzene rings is 1. The van der Waals surface area contributed by atoms with Gasteiger partial charge in [0.05, 0.1) is 12.7 Å². The third-order valence-corrected chi connectivity index (χ3v) is 3.05. The molecule has 0 aliphatic carbocycles. The Kier molecular flexibility index (Phi) is 4.24. The molecular weight excluding hydrogens is 258 g/mol. The van der Waals surface area contributed by atoms with Gasteiger partial charge in [0, 0.05) is 12.8 Å². The van der Waals surface area contributed by atoms with Crippen molar-refractivity contribution in [3.05, 3.63) is 24.0 Å². The van der Waals surface area contributed by atoms with Crippen LogP contribution in [0.4, 0.5) is 5.69 Å². The van der Waals surface area contributed by atoms with Crippen LogP contribution in [0.3, 0.4) is 0 Å². The summed E-state index contributed by atoms with van der Waals surface area (Å²) < 4.78 is 15.8. The molecule has 0 spiro atoms. The third kappa shape index (κ3) is 2.75. The second-order valence-corrected chi connectivity index (χ2v) is 4.81. The lowest BCUT2D eigenvalue weighted by atomic mass is 10.1. The lowest BCUT2D eigenvalue weighted by Crippen LogP contribution is -2.10. The van der Waals surface area contributed by atoms with Crippen molar-refractivity contribution in [2.24, 2.45) is 5.92 Å². The maximum atomic E-state index is 5.94. The first-order valence-electron chi connectivity index (χ1n) is 6.37. The number of nitrogen functional groups attached to an aromatic ring is 1. The number of methoxy groups -OCH3 is 2. The van der Waals surface area contributed by atoms with Crippen molar-refractivity contribution in [1.29, 1.82) is 0 Å². The Morgan fingerprint density at radius 3 is 2.60 bits per heavy atom. The van der Waals surface area contributed by atoms with E-state index < -0.39 is 0 Å². The van der Waals surface area contributed by atoms with E-state index in [1.807, 2.05) is 13.8 Å². The molecule has 1 aromatic heterocycles. The van der Waals surface area contributed by atoms with Gasteiger partial charge in [0.2, 0.25) is 5.82 Å². The van der Waals surface area contributed by atoms with E-state index in [-0.39, 0.29) is 12.0 Å². The van der Waals surface area contributed by atoms with Gasteiger partial charge in [0.1, 0.15) is 11.9 Å². The van der Waals surface area contributed by atoms with E-state index in [1.165, 1.54) is 0 Å². The molecule has 6 heteroatoms. The molecule has 1 aromatic carbocycles. The van der Waals surface area contributed by atoms with E-state index >= 15 is 0 Å². The first kappa shape index (κ1) is 14.3. The minimum absolute atomic E-state index is 0.209. The van der Waals surface area contributed by atoms with Crippen molar-refractivity contribution in [2.45, 2.75) is 20.0 Å². The van der Waals surface area contributed by atoms with Crippen LogP contribution >= 0.6 is 0 Å². The average Bonchev–Trinajstić information content (AvgIpc) is 2.89. The molecule has 0 aliphatic rings. The number of nitrogens with zero attached hydrogens (tertiary/aromatic N) is 2. The number of anilines is 1. The maximum absolute atomic E-state index is 5.94. The Morgan fingerprint density at radius 2 is 2.00 bits per heavy atom. The normalized spacial score (nSPS) is 12.7. The van der Waals surface area contributed by atoms with Crippen LogP contribution in [0.2, 0.25) is 0 Å². The van der Waals surface area contributed by atoms with Crippen molar-refractivity contribution >= 4 is 5.69 Å². The van der Waals surface area contributed by atoms with Crippen molar-refractivity contribution in [3.63, 3.8) is 0 Å². The molecule has 1 heterocycles. The van der Waals surface area contributed by atoms with Crippen LogP contribution < -0.4 is 10.5 Å². The molecule has 0 saturated carbocycles. The lowest BCUT2D eigenvalue weighted by molar-refractivity contribution is 0.0556. The molecule has 0 saturated heterocycles. The molecule has 0 bridgehead atoms. The summed E-state index contributed by atoms with van der Waals surface area (Å²) in [6.07, 6.45) is -0.209. The average molecular weight is 277 g/mol. The summed E-state index contributed by atoms with van der Waals surface area (Å²) in [5.74, 6) is 1.80. The fourth-order valence-corrected chi connectivity index (χ4v) is 1.98. The van der Waals surface area contributed by atoms with Crippen LogP contribution in [-0.4, -0.2) is 24.4 Å². The quantitative estimate of drug-likeness (QED) is 0.846. The molecule has 0 fully saturated rings. The van der Waals surface area contributed by atoms with Crippen LogP contribution in [0.15, 0.2) is 22.7 Å². The van der Waals surface area contributed by atoms with Crippen molar-refractivity contribution < 1.29 is 14.0 Å². The van der Waals surface area contributed by atoms with Gasteiger partial charge >= 0.3 is 0 Å². The fraction of sp³-hybridized carbons (Fsp3) is 0.429. The molecule has 0 aliphatic heterocycles. The van der Waals surface area contributed by atoms with Crippen molar-refractivity contribution in [2.75, 3.05) is 20.0 Å². The van der Waals surface area contributed by atoms with Gasteiger partial charge in [-0.2, -0.15) is 4.98 Å². The largest absolute Gasteiger partial charge is 0.497 e. The van der Waals surface area contributed by atoms with Gasteiger partial charge in [-0.1, -0.05) is 19.0 Å². The van der Waals surface area contributed by atoms with E-state index in [2.05, 4.69) is 10.1 Å². The highest BCUT2D eigenvalue weighted by Crippen LogP contribution is 2.30. The minimum Gasteiger partial charge on any atom is -0.497 e. The van der Waals surface area contributed by atoms with Crippen LogP contribution in [0.25, 0.3) is 11.5 Å². The van der Waals surface area contributed by atoms with Gasteiger partial charge in [-0.25, -0.2) is 0 Å². The molecule has 20 heavy (non-hydrogen) atoms. The summed E-state index contributed by atoms with van der Waals surface area (Å²) in [5, 5.41) is 3.97. The monoisotopic (exact) mass is 277 g/mol. The molecule has 6 nitrogen and oxygen atoms in total. The van der Waals surface area contributed by atoms with Gasteiger partial charge in [0.15, 0.2) is 0 Å². The molecule has 0 radical (unpaired) electrons. The Balaban J connectivity index is 2.37. The number of hydrogen-bond acceptors (Lipinski definition) is 6. The molecule has 2 N–H and O–H groups in total. The summed E-state index contributed by atoms with van der Waals surface area (Å²) >= 11 is 0. The van der Waals surface area contributed by atoms with Gasteiger partial charge in [-0.3, -0.25) is 0 Å². The molecule has 108 valence electrons. The van der Waals surface area contributed by atoms with Crippen molar-refractivity contribution in [3.8, 4) is 17.2 Å². The summed E-state index contributed by atoms with van der Waals surface area (Å²) in [6, 6.07) is 5.29. The first-order chi connectivity index (χ1) is 9.56. The number of aromatic nitrogens is 2. The zero-order valence-electron chi connectivity index (χ0n) is 12.1. The van der Waals surface area contributed by atoms with E-state index in [9.17, 15) is 0 Å². The summed E-state index contributed by atoms with van der Waals surface area (Å²) in [5.41, 5.74) is 7.15. The highest BCUT2D eigenvalue weighted by Gasteiger charge is 2.22. The van der Waals surface area contributed by atoms with E-state index in [0.29, 0.717) is 28.7 Å². The number of ether oxygens (including phenoxy) is 2. The van der Waals surface area contributed by atoms with Crippen molar-refractivity contribution in [1.82, 2.24) is 10.1 Å². The van der Waals surface area contributed by atoms with Crippen LogP contribution in [0.5, 0.6) is 5.75 Å². The minimum atomic E-state index is -0.209. The standard InChI is InChI=1S/C14H19N3O3/c1-8(2)12(19-4)13-16-14(20-17-13)10-7-9(18-3)5-6-11(10)15/h5-8,12H,15H2,1-4H3. The second kappa shape index (κ2) is 5.92. The topological polar surface area (TPSA) is 83.4 Å². The predicted octanol–water partition coefficient (Wildman–Crippen LogP) is 2.67. The summed E-state index contributed by atoms with van der Waals surface area (Å²) in [4.78, 5) is 4.37. The molecule has 1 unspecified atom stereocenters. The maximum Gasteiger partial charge on any atom is 0.260 e. The number of nitrogens with two attached hydrogens (primary N) is 1. The number of rotatable bonds is 5. The lowest BCUT2D eigenvalue weighted by Gasteiger charge is -2.14. The fourth-order valence-electron chi connectivity index (χ4n) is 1.98. The summed E-state index contributed by atoms with van der Waals surface area (Å²) in [6.45, 7) is 4.06. The van der Waals surface area contributed by atoms with Crippen LogP contribution in [0, 0.1) is 5.92 Å². The second-order valence-electron chi connectivity index (χ2n) is 4.81. The Bertz CT molecular complexity index is 581. The Morgan fingerprint density at radius 1 is 1.25 bits per heavy atom. The zero-order valence-corrected chi connectivity index (χ0v) is 12.1. The predicted molar refractivity (Wildman–Crippen MR) is 75.3 cm³/mol. The first-order valence-corrected chi connectivity index (χ1v) is 6.37.